The van der Waals surface area contributed by atoms with Gasteiger partial charge in [-0.2, -0.15) is 0 Å². The summed E-state index contributed by atoms with van der Waals surface area (Å²) in [7, 11) is 0. The van der Waals surface area contributed by atoms with Crippen molar-refractivity contribution in [2.75, 3.05) is 35.2 Å². The van der Waals surface area contributed by atoms with Crippen LogP contribution in [0.25, 0.3) is 0 Å². The summed E-state index contributed by atoms with van der Waals surface area (Å²) < 4.78 is 0. The smallest absolute Gasteiger partial charge is 0.175 e. The van der Waals surface area contributed by atoms with E-state index in [-0.39, 0.29) is 6.61 Å². The number of pyridine rings is 1. The molecule has 1 heterocycles. The molecule has 0 saturated carbocycles. The second kappa shape index (κ2) is 8.31. The first-order valence-electron chi connectivity index (χ1n) is 7.17. The first kappa shape index (κ1) is 16.2. The van der Waals surface area contributed by atoms with E-state index in [1.165, 1.54) is 0 Å². The molecule has 0 aliphatic heterocycles. The number of rotatable bonds is 6. The van der Waals surface area contributed by atoms with Gasteiger partial charge in [0.2, 0.25) is 0 Å². The van der Waals surface area contributed by atoms with Crippen LogP contribution >= 0.6 is 12.2 Å². The van der Waals surface area contributed by atoms with Gasteiger partial charge in [0.25, 0.3) is 0 Å². The third kappa shape index (κ3) is 4.68. The molecule has 22 heavy (non-hydrogen) atoms. The number of aromatic nitrogens is 1. The van der Waals surface area contributed by atoms with E-state index < -0.39 is 0 Å². The highest BCUT2D eigenvalue weighted by molar-refractivity contribution is 7.80. The molecule has 0 amide bonds. The van der Waals surface area contributed by atoms with Crippen LogP contribution in [0, 0.1) is 0 Å². The number of nitrogens with one attached hydrogen (secondary N) is 2. The highest BCUT2D eigenvalue weighted by Gasteiger charge is 2.04. The van der Waals surface area contributed by atoms with Gasteiger partial charge in [0.05, 0.1) is 18.5 Å². The predicted octanol–water partition coefficient (Wildman–Crippen LogP) is 2.71. The fraction of sp³-hybridized carbons (Fsp3) is 0.250. The average molecular weight is 316 g/mol. The van der Waals surface area contributed by atoms with Crippen molar-refractivity contribution in [3.05, 3.63) is 48.8 Å². The quantitative estimate of drug-likeness (QED) is 0.712. The standard InChI is InChI=1S/C16H20N4OS/c1-2-20(10-11-21)15-7-5-13(6-8-15)18-16(22)19-14-4-3-9-17-12-14/h3-9,12,21H,2,10-11H2,1H3,(H2,18,19,22). The maximum absolute atomic E-state index is 9.06. The summed E-state index contributed by atoms with van der Waals surface area (Å²) in [5.74, 6) is 0. The van der Waals surface area contributed by atoms with Crippen molar-refractivity contribution in [2.45, 2.75) is 6.92 Å². The Labute approximate surface area is 136 Å². The van der Waals surface area contributed by atoms with Crippen molar-refractivity contribution >= 4 is 34.4 Å². The van der Waals surface area contributed by atoms with Crippen LogP contribution in [0.4, 0.5) is 17.1 Å². The van der Waals surface area contributed by atoms with Crippen LogP contribution in [0.3, 0.4) is 0 Å². The molecule has 0 unspecified atom stereocenters. The van der Waals surface area contributed by atoms with Crippen LogP contribution < -0.4 is 15.5 Å². The van der Waals surface area contributed by atoms with Crippen molar-refractivity contribution in [1.29, 1.82) is 0 Å². The van der Waals surface area contributed by atoms with E-state index in [4.69, 9.17) is 17.3 Å². The molecule has 6 heteroatoms. The maximum Gasteiger partial charge on any atom is 0.175 e. The van der Waals surface area contributed by atoms with E-state index in [2.05, 4.69) is 27.4 Å². The SMILES string of the molecule is CCN(CCO)c1ccc(NC(=S)Nc2cccnc2)cc1. The van der Waals surface area contributed by atoms with E-state index in [0.717, 1.165) is 23.6 Å². The summed E-state index contributed by atoms with van der Waals surface area (Å²) in [6.45, 7) is 3.69. The minimum absolute atomic E-state index is 0.146. The lowest BCUT2D eigenvalue weighted by Gasteiger charge is -2.22. The van der Waals surface area contributed by atoms with Gasteiger partial charge in [-0.15, -0.1) is 0 Å². The summed E-state index contributed by atoms with van der Waals surface area (Å²) in [5, 5.41) is 15.8. The second-order valence-corrected chi connectivity index (χ2v) is 5.08. The van der Waals surface area contributed by atoms with Crippen LogP contribution in [0.1, 0.15) is 6.92 Å². The predicted molar refractivity (Wildman–Crippen MR) is 95.5 cm³/mol. The molecule has 5 nitrogen and oxygen atoms in total. The number of nitrogens with zero attached hydrogens (tertiary/aromatic N) is 2. The van der Waals surface area contributed by atoms with Crippen LogP contribution in [0.2, 0.25) is 0 Å². The molecule has 1 aromatic heterocycles. The number of benzene rings is 1. The number of aliphatic hydroxyl groups excluding tert-OH is 1. The Morgan fingerprint density at radius 2 is 1.91 bits per heavy atom. The van der Waals surface area contributed by atoms with Gasteiger partial charge in [-0.25, -0.2) is 0 Å². The van der Waals surface area contributed by atoms with E-state index in [1.54, 1.807) is 12.4 Å². The van der Waals surface area contributed by atoms with Gasteiger partial charge in [0.15, 0.2) is 5.11 Å². The molecular weight excluding hydrogens is 296 g/mol. The Morgan fingerprint density at radius 1 is 1.18 bits per heavy atom. The molecule has 1 aromatic carbocycles. The number of aliphatic hydroxyl groups is 1. The maximum atomic E-state index is 9.06. The topological polar surface area (TPSA) is 60.4 Å². The van der Waals surface area contributed by atoms with E-state index >= 15 is 0 Å². The summed E-state index contributed by atoms with van der Waals surface area (Å²) in [4.78, 5) is 6.13. The molecule has 2 aromatic rings. The minimum Gasteiger partial charge on any atom is -0.395 e. The number of likely N-dealkylation sites (N-methyl/N-ethyl adjacent to an activating group) is 1. The van der Waals surface area contributed by atoms with E-state index in [0.29, 0.717) is 11.7 Å². The number of thiocarbonyl (C=S) groups is 1. The Morgan fingerprint density at radius 3 is 2.50 bits per heavy atom. The minimum atomic E-state index is 0.146. The third-order valence-corrected chi connectivity index (χ3v) is 3.37. The van der Waals surface area contributed by atoms with Crippen molar-refractivity contribution in [3.8, 4) is 0 Å². The molecule has 0 atom stereocenters. The molecule has 0 bridgehead atoms. The summed E-state index contributed by atoms with van der Waals surface area (Å²) in [6.07, 6.45) is 3.43. The number of anilines is 3. The lowest BCUT2D eigenvalue weighted by molar-refractivity contribution is 0.302. The Bertz CT molecular complexity index is 589. The molecule has 3 N–H and O–H groups in total. The van der Waals surface area contributed by atoms with Crippen molar-refractivity contribution in [2.24, 2.45) is 0 Å². The van der Waals surface area contributed by atoms with E-state index in [9.17, 15) is 0 Å². The first-order valence-corrected chi connectivity index (χ1v) is 7.57. The van der Waals surface area contributed by atoms with Crippen LogP contribution in [0.5, 0.6) is 0 Å². The Hall–Kier alpha value is -2.18. The summed E-state index contributed by atoms with van der Waals surface area (Å²) in [5.41, 5.74) is 2.83. The van der Waals surface area contributed by atoms with Gasteiger partial charge in [-0.3, -0.25) is 4.98 Å². The molecule has 0 radical (unpaired) electrons. The van der Waals surface area contributed by atoms with Gasteiger partial charge in [-0.05, 0) is 55.5 Å². The normalized spacial score (nSPS) is 10.1. The molecule has 0 aliphatic carbocycles. The molecule has 2 rings (SSSR count). The van der Waals surface area contributed by atoms with Gasteiger partial charge >= 0.3 is 0 Å². The molecular formula is C16H20N4OS. The first-order chi connectivity index (χ1) is 10.7. The van der Waals surface area contributed by atoms with Crippen LogP contribution in [-0.4, -0.2) is 34.9 Å². The largest absolute Gasteiger partial charge is 0.395 e. The molecule has 116 valence electrons. The highest BCUT2D eigenvalue weighted by Crippen LogP contribution is 2.18. The fourth-order valence-corrected chi connectivity index (χ4v) is 2.31. The average Bonchev–Trinajstić information content (AvgIpc) is 2.54. The van der Waals surface area contributed by atoms with Crippen molar-refractivity contribution < 1.29 is 5.11 Å². The second-order valence-electron chi connectivity index (χ2n) is 4.67. The van der Waals surface area contributed by atoms with Crippen molar-refractivity contribution in [1.82, 2.24) is 4.98 Å². The Balaban J connectivity index is 1.94. The van der Waals surface area contributed by atoms with E-state index in [1.807, 2.05) is 36.4 Å². The Kier molecular flexibility index (Phi) is 6.12. The zero-order valence-electron chi connectivity index (χ0n) is 12.5. The van der Waals surface area contributed by atoms with Gasteiger partial charge < -0.3 is 20.6 Å². The number of hydrogen-bond acceptors (Lipinski definition) is 4. The zero-order valence-corrected chi connectivity index (χ0v) is 13.3. The molecule has 0 fully saturated rings. The number of hydrogen-bond donors (Lipinski definition) is 3. The van der Waals surface area contributed by atoms with Gasteiger partial charge in [0.1, 0.15) is 0 Å². The molecule has 0 spiro atoms. The fourth-order valence-electron chi connectivity index (χ4n) is 2.08. The lowest BCUT2D eigenvalue weighted by atomic mass is 10.2. The van der Waals surface area contributed by atoms with Gasteiger partial charge in [0, 0.05) is 30.7 Å². The summed E-state index contributed by atoms with van der Waals surface area (Å²) >= 11 is 5.27. The van der Waals surface area contributed by atoms with Crippen molar-refractivity contribution in [3.63, 3.8) is 0 Å². The molecule has 0 saturated heterocycles. The monoisotopic (exact) mass is 316 g/mol. The zero-order chi connectivity index (χ0) is 15.8. The van der Waals surface area contributed by atoms with Crippen LogP contribution in [0.15, 0.2) is 48.8 Å². The van der Waals surface area contributed by atoms with Crippen LogP contribution in [-0.2, 0) is 0 Å². The lowest BCUT2D eigenvalue weighted by Crippen LogP contribution is -2.26. The molecule has 0 aliphatic rings. The highest BCUT2D eigenvalue weighted by atomic mass is 32.1. The third-order valence-electron chi connectivity index (χ3n) is 3.16. The van der Waals surface area contributed by atoms with Gasteiger partial charge in [-0.1, -0.05) is 0 Å². The summed E-state index contributed by atoms with van der Waals surface area (Å²) in [6, 6.07) is 11.7.